The highest BCUT2D eigenvalue weighted by atomic mass is 15.1. The number of hydrogen-bond acceptors (Lipinski definition) is 2. The summed E-state index contributed by atoms with van der Waals surface area (Å²) in [5, 5.41) is 3.70. The third-order valence-electron chi connectivity index (χ3n) is 4.64. The highest BCUT2D eigenvalue weighted by molar-refractivity contribution is 4.68. The number of nitrogens with one attached hydrogen (secondary N) is 1. The van der Waals surface area contributed by atoms with Gasteiger partial charge in [0.15, 0.2) is 0 Å². The Morgan fingerprint density at radius 1 is 0.850 bits per heavy atom. The maximum absolute atomic E-state index is 3.70. The van der Waals surface area contributed by atoms with E-state index >= 15 is 0 Å². The van der Waals surface area contributed by atoms with Crippen LogP contribution in [0, 0.1) is 5.92 Å². The van der Waals surface area contributed by atoms with Crippen molar-refractivity contribution in [3.05, 3.63) is 0 Å². The van der Waals surface area contributed by atoms with Crippen molar-refractivity contribution in [3.8, 4) is 0 Å². The normalized spacial score (nSPS) is 16.9. The molecule has 2 heteroatoms. The summed E-state index contributed by atoms with van der Waals surface area (Å²) >= 11 is 0. The predicted octanol–water partition coefficient (Wildman–Crippen LogP) is 4.45. The van der Waals surface area contributed by atoms with Crippen LogP contribution < -0.4 is 5.32 Å². The molecule has 1 rings (SSSR count). The first kappa shape index (κ1) is 18.0. The molecule has 0 heterocycles. The van der Waals surface area contributed by atoms with Crippen LogP contribution in [0.5, 0.6) is 0 Å². The standard InChI is InChI=1S/C18H38N2/c1-3-5-14-20(15-6-4-2)16-10-13-19-17-18-11-8-7-9-12-18/h18-19H,3-17H2,1-2H3. The highest BCUT2D eigenvalue weighted by Gasteiger charge is 2.12. The van der Waals surface area contributed by atoms with Crippen LogP contribution in [0.4, 0.5) is 0 Å². The largest absolute Gasteiger partial charge is 0.316 e. The van der Waals surface area contributed by atoms with E-state index in [0.717, 1.165) is 5.92 Å². The maximum Gasteiger partial charge on any atom is -0.000664 e. The average molecular weight is 283 g/mol. The molecule has 0 spiro atoms. The van der Waals surface area contributed by atoms with Gasteiger partial charge < -0.3 is 10.2 Å². The maximum atomic E-state index is 3.70. The molecule has 0 atom stereocenters. The summed E-state index contributed by atoms with van der Waals surface area (Å²) in [5.41, 5.74) is 0. The minimum absolute atomic E-state index is 0.972. The summed E-state index contributed by atoms with van der Waals surface area (Å²) in [6.07, 6.45) is 14.0. The number of hydrogen-bond donors (Lipinski definition) is 1. The van der Waals surface area contributed by atoms with E-state index in [2.05, 4.69) is 24.1 Å². The summed E-state index contributed by atoms with van der Waals surface area (Å²) in [7, 11) is 0. The van der Waals surface area contributed by atoms with Crippen molar-refractivity contribution in [2.75, 3.05) is 32.7 Å². The van der Waals surface area contributed by atoms with Gasteiger partial charge in [-0.25, -0.2) is 0 Å². The lowest BCUT2D eigenvalue weighted by molar-refractivity contribution is 0.258. The SMILES string of the molecule is CCCCN(CCCC)CCCNCC1CCCCC1. The van der Waals surface area contributed by atoms with Crippen molar-refractivity contribution in [3.63, 3.8) is 0 Å². The Morgan fingerprint density at radius 3 is 2.05 bits per heavy atom. The van der Waals surface area contributed by atoms with E-state index in [-0.39, 0.29) is 0 Å². The first-order chi connectivity index (χ1) is 9.86. The molecule has 1 aliphatic rings. The second kappa shape index (κ2) is 12.6. The number of nitrogens with zero attached hydrogens (tertiary/aromatic N) is 1. The average Bonchev–Trinajstić information content (AvgIpc) is 2.50. The van der Waals surface area contributed by atoms with Crippen LogP contribution in [0.15, 0.2) is 0 Å². The summed E-state index contributed by atoms with van der Waals surface area (Å²) in [5.74, 6) is 0.972. The molecular formula is C18H38N2. The van der Waals surface area contributed by atoms with Crippen molar-refractivity contribution < 1.29 is 0 Å². The molecule has 0 saturated heterocycles. The molecule has 0 radical (unpaired) electrons. The Kier molecular flexibility index (Phi) is 11.4. The zero-order chi connectivity index (χ0) is 14.5. The topological polar surface area (TPSA) is 15.3 Å². The third kappa shape index (κ3) is 8.97. The van der Waals surface area contributed by atoms with Crippen LogP contribution in [0.2, 0.25) is 0 Å². The van der Waals surface area contributed by atoms with E-state index in [9.17, 15) is 0 Å². The Bertz CT molecular complexity index is 192. The first-order valence-electron chi connectivity index (χ1n) is 9.29. The van der Waals surface area contributed by atoms with Gasteiger partial charge in [-0.3, -0.25) is 0 Å². The molecule has 120 valence electrons. The second-order valence-corrected chi connectivity index (χ2v) is 6.61. The molecule has 0 amide bonds. The lowest BCUT2D eigenvalue weighted by Crippen LogP contribution is -2.31. The molecule has 1 saturated carbocycles. The summed E-state index contributed by atoms with van der Waals surface area (Å²) < 4.78 is 0. The molecule has 1 aliphatic carbocycles. The van der Waals surface area contributed by atoms with E-state index < -0.39 is 0 Å². The molecule has 0 unspecified atom stereocenters. The van der Waals surface area contributed by atoms with Gasteiger partial charge in [0.05, 0.1) is 0 Å². The van der Waals surface area contributed by atoms with E-state index in [1.165, 1.54) is 96.9 Å². The van der Waals surface area contributed by atoms with Crippen LogP contribution in [-0.2, 0) is 0 Å². The number of rotatable bonds is 12. The van der Waals surface area contributed by atoms with Gasteiger partial charge >= 0.3 is 0 Å². The third-order valence-corrected chi connectivity index (χ3v) is 4.64. The Morgan fingerprint density at radius 2 is 1.45 bits per heavy atom. The van der Waals surface area contributed by atoms with Crippen molar-refractivity contribution in [2.24, 2.45) is 5.92 Å². The molecule has 20 heavy (non-hydrogen) atoms. The van der Waals surface area contributed by atoms with E-state index in [1.54, 1.807) is 0 Å². The van der Waals surface area contributed by atoms with Crippen LogP contribution in [0.3, 0.4) is 0 Å². The van der Waals surface area contributed by atoms with Crippen LogP contribution >= 0.6 is 0 Å². The summed E-state index contributed by atoms with van der Waals surface area (Å²) in [4.78, 5) is 2.68. The second-order valence-electron chi connectivity index (χ2n) is 6.61. The summed E-state index contributed by atoms with van der Waals surface area (Å²) in [6, 6.07) is 0. The van der Waals surface area contributed by atoms with Crippen molar-refractivity contribution >= 4 is 0 Å². The van der Waals surface area contributed by atoms with Gasteiger partial charge in [-0.2, -0.15) is 0 Å². The van der Waals surface area contributed by atoms with Gasteiger partial charge in [-0.1, -0.05) is 46.0 Å². The van der Waals surface area contributed by atoms with Gasteiger partial charge in [0, 0.05) is 0 Å². The molecule has 0 aliphatic heterocycles. The van der Waals surface area contributed by atoms with Gasteiger partial charge in [-0.15, -0.1) is 0 Å². The van der Waals surface area contributed by atoms with Crippen molar-refractivity contribution in [1.82, 2.24) is 10.2 Å². The molecule has 1 fully saturated rings. The monoisotopic (exact) mass is 282 g/mol. The van der Waals surface area contributed by atoms with E-state index in [4.69, 9.17) is 0 Å². The zero-order valence-electron chi connectivity index (χ0n) is 14.1. The molecule has 0 bridgehead atoms. The van der Waals surface area contributed by atoms with Crippen molar-refractivity contribution in [2.45, 2.75) is 78.1 Å². The minimum Gasteiger partial charge on any atom is -0.316 e. The Labute approximate surface area is 127 Å². The lowest BCUT2D eigenvalue weighted by atomic mass is 9.89. The Hall–Kier alpha value is -0.0800. The fourth-order valence-corrected chi connectivity index (χ4v) is 3.22. The smallest absolute Gasteiger partial charge is 0.000664 e. The summed E-state index contributed by atoms with van der Waals surface area (Å²) in [6.45, 7) is 11.0. The Balaban J connectivity index is 2.00. The van der Waals surface area contributed by atoms with E-state index in [1.807, 2.05) is 0 Å². The molecule has 1 N–H and O–H groups in total. The molecule has 2 nitrogen and oxygen atoms in total. The van der Waals surface area contributed by atoms with E-state index in [0.29, 0.717) is 0 Å². The fraction of sp³-hybridized carbons (Fsp3) is 1.00. The molecule has 0 aromatic carbocycles. The lowest BCUT2D eigenvalue weighted by Gasteiger charge is -2.23. The highest BCUT2D eigenvalue weighted by Crippen LogP contribution is 2.22. The van der Waals surface area contributed by atoms with Gasteiger partial charge in [0.1, 0.15) is 0 Å². The quantitative estimate of drug-likeness (QED) is 0.532. The molecule has 0 aromatic rings. The van der Waals surface area contributed by atoms with Gasteiger partial charge in [-0.05, 0) is 70.7 Å². The minimum atomic E-state index is 0.972. The first-order valence-corrected chi connectivity index (χ1v) is 9.29. The van der Waals surface area contributed by atoms with Crippen LogP contribution in [0.25, 0.3) is 0 Å². The molecule has 0 aromatic heterocycles. The number of unbranched alkanes of at least 4 members (excludes halogenated alkanes) is 2. The zero-order valence-corrected chi connectivity index (χ0v) is 14.1. The van der Waals surface area contributed by atoms with Crippen molar-refractivity contribution in [1.29, 1.82) is 0 Å². The van der Waals surface area contributed by atoms with Gasteiger partial charge in [0.2, 0.25) is 0 Å². The molecular weight excluding hydrogens is 244 g/mol. The van der Waals surface area contributed by atoms with Crippen LogP contribution in [0.1, 0.15) is 78.1 Å². The van der Waals surface area contributed by atoms with Gasteiger partial charge in [0.25, 0.3) is 0 Å². The predicted molar refractivity (Wildman–Crippen MR) is 90.3 cm³/mol. The van der Waals surface area contributed by atoms with Crippen LogP contribution in [-0.4, -0.2) is 37.6 Å². The fourth-order valence-electron chi connectivity index (χ4n) is 3.22.